The van der Waals surface area contributed by atoms with Crippen molar-refractivity contribution < 1.29 is 0 Å². The van der Waals surface area contributed by atoms with E-state index in [0.29, 0.717) is 5.95 Å². The number of nitrogens with zero attached hydrogens (tertiary/aromatic N) is 4. The molecule has 4 heterocycles. The molecule has 0 aliphatic heterocycles. The molecule has 5 nitrogen and oxygen atoms in total. The van der Waals surface area contributed by atoms with Crippen LogP contribution < -0.4 is 5.32 Å². The number of rotatable bonds is 6. The molecule has 0 aliphatic carbocycles. The Labute approximate surface area is 153 Å². The lowest BCUT2D eigenvalue weighted by Gasteiger charge is -2.09. The lowest BCUT2D eigenvalue weighted by Crippen LogP contribution is -2.08. The number of pyridine rings is 1. The number of thiazole rings is 1. The molecule has 4 rings (SSSR count). The summed E-state index contributed by atoms with van der Waals surface area (Å²) in [5, 5.41) is 8.23. The van der Waals surface area contributed by atoms with Gasteiger partial charge in [0.1, 0.15) is 10.7 Å². The smallest absolute Gasteiger partial charge is 0.223 e. The average Bonchev–Trinajstić information content (AvgIpc) is 3.36. The second kappa shape index (κ2) is 7.50. The molecule has 124 valence electrons. The summed E-state index contributed by atoms with van der Waals surface area (Å²) in [6, 6.07) is 8.15. The van der Waals surface area contributed by atoms with Crippen LogP contribution in [-0.2, 0) is 6.42 Å². The highest BCUT2D eigenvalue weighted by Gasteiger charge is 2.14. The molecule has 0 saturated heterocycles. The van der Waals surface area contributed by atoms with Crippen molar-refractivity contribution in [3.63, 3.8) is 0 Å². The second-order valence-corrected chi connectivity index (χ2v) is 7.14. The van der Waals surface area contributed by atoms with Crippen molar-refractivity contribution >= 4 is 28.6 Å². The van der Waals surface area contributed by atoms with E-state index >= 15 is 0 Å². The zero-order chi connectivity index (χ0) is 16.9. The normalized spacial score (nSPS) is 10.7. The first-order chi connectivity index (χ1) is 12.4. The first kappa shape index (κ1) is 15.9. The molecular weight excluding hydrogens is 350 g/mol. The van der Waals surface area contributed by atoms with Crippen molar-refractivity contribution in [2.75, 3.05) is 11.9 Å². The van der Waals surface area contributed by atoms with Crippen molar-refractivity contribution in [1.29, 1.82) is 0 Å². The minimum absolute atomic E-state index is 0.625. The third-order valence-electron chi connectivity index (χ3n) is 3.66. The fraction of sp³-hybridized carbons (Fsp3) is 0.111. The second-order valence-electron chi connectivity index (χ2n) is 5.30. The van der Waals surface area contributed by atoms with E-state index in [4.69, 9.17) is 4.98 Å². The Morgan fingerprint density at radius 2 is 1.88 bits per heavy atom. The van der Waals surface area contributed by atoms with Gasteiger partial charge in [0.15, 0.2) is 0 Å². The lowest BCUT2D eigenvalue weighted by atomic mass is 10.2. The van der Waals surface area contributed by atoms with Gasteiger partial charge in [-0.15, -0.1) is 22.7 Å². The van der Waals surface area contributed by atoms with Crippen molar-refractivity contribution in [3.05, 3.63) is 65.4 Å². The highest BCUT2D eigenvalue weighted by Crippen LogP contribution is 2.34. The number of hydrogen-bond acceptors (Lipinski definition) is 7. The monoisotopic (exact) mass is 365 g/mol. The molecule has 1 N–H and O–H groups in total. The van der Waals surface area contributed by atoms with Gasteiger partial charge < -0.3 is 5.32 Å². The van der Waals surface area contributed by atoms with Gasteiger partial charge in [0.25, 0.3) is 0 Å². The summed E-state index contributed by atoms with van der Waals surface area (Å²) >= 11 is 3.26. The van der Waals surface area contributed by atoms with Gasteiger partial charge in [-0.25, -0.2) is 15.0 Å². The quantitative estimate of drug-likeness (QED) is 0.549. The fourth-order valence-electron chi connectivity index (χ4n) is 2.45. The highest BCUT2D eigenvalue weighted by molar-refractivity contribution is 7.14. The SMILES string of the molecule is c1csc(-c2cnc(NCCc3ccncc3)nc2-c2nccs2)c1. The maximum absolute atomic E-state index is 4.72. The molecule has 0 radical (unpaired) electrons. The maximum Gasteiger partial charge on any atom is 0.223 e. The maximum atomic E-state index is 4.72. The molecule has 7 heteroatoms. The van der Waals surface area contributed by atoms with Crippen LogP contribution in [0.15, 0.2) is 59.8 Å². The minimum Gasteiger partial charge on any atom is -0.354 e. The minimum atomic E-state index is 0.625. The summed E-state index contributed by atoms with van der Waals surface area (Å²) < 4.78 is 0. The lowest BCUT2D eigenvalue weighted by molar-refractivity contribution is 0.981. The van der Waals surface area contributed by atoms with Crippen LogP contribution in [0.2, 0.25) is 0 Å². The average molecular weight is 365 g/mol. The van der Waals surface area contributed by atoms with E-state index in [1.54, 1.807) is 28.9 Å². The summed E-state index contributed by atoms with van der Waals surface area (Å²) in [7, 11) is 0. The van der Waals surface area contributed by atoms with Crippen LogP contribution in [0.1, 0.15) is 5.56 Å². The summed E-state index contributed by atoms with van der Waals surface area (Å²) in [5.41, 5.74) is 3.13. The molecule has 0 fully saturated rings. The molecule has 25 heavy (non-hydrogen) atoms. The van der Waals surface area contributed by atoms with Gasteiger partial charge in [0, 0.05) is 47.2 Å². The van der Waals surface area contributed by atoms with E-state index in [-0.39, 0.29) is 0 Å². The van der Waals surface area contributed by atoms with Crippen LogP contribution in [0, 0.1) is 0 Å². The van der Waals surface area contributed by atoms with E-state index in [1.165, 1.54) is 5.56 Å². The molecule has 4 aromatic heterocycles. The predicted molar refractivity (Wildman–Crippen MR) is 103 cm³/mol. The van der Waals surface area contributed by atoms with E-state index < -0.39 is 0 Å². The van der Waals surface area contributed by atoms with Crippen LogP contribution in [0.3, 0.4) is 0 Å². The summed E-state index contributed by atoms with van der Waals surface area (Å²) in [4.78, 5) is 18.8. The number of anilines is 1. The van der Waals surface area contributed by atoms with Crippen LogP contribution in [0.25, 0.3) is 21.1 Å². The summed E-state index contributed by atoms with van der Waals surface area (Å²) in [5.74, 6) is 0.625. The van der Waals surface area contributed by atoms with E-state index in [9.17, 15) is 0 Å². The van der Waals surface area contributed by atoms with Gasteiger partial charge in [-0.1, -0.05) is 6.07 Å². The number of thiophene rings is 1. The van der Waals surface area contributed by atoms with Gasteiger partial charge in [-0.2, -0.15) is 0 Å². The van der Waals surface area contributed by atoms with Gasteiger partial charge in [0.2, 0.25) is 5.95 Å². The van der Waals surface area contributed by atoms with Crippen LogP contribution in [0.5, 0.6) is 0 Å². The van der Waals surface area contributed by atoms with Crippen molar-refractivity contribution in [1.82, 2.24) is 19.9 Å². The molecule has 0 atom stereocenters. The largest absolute Gasteiger partial charge is 0.354 e. The molecule has 4 aromatic rings. The zero-order valence-corrected chi connectivity index (χ0v) is 14.9. The standard InChI is InChI=1S/C18H15N5S2/c1-2-15(24-10-1)14-12-22-18(23-16(14)17-20-9-11-25-17)21-8-5-13-3-6-19-7-4-13/h1-4,6-7,9-12H,5,8H2,(H,21,22,23). The molecule has 0 bridgehead atoms. The van der Waals surface area contributed by atoms with Gasteiger partial charge >= 0.3 is 0 Å². The molecular formula is C18H15N5S2. The number of aromatic nitrogens is 4. The van der Waals surface area contributed by atoms with Crippen LogP contribution in [0.4, 0.5) is 5.95 Å². The molecule has 0 unspecified atom stereocenters. The van der Waals surface area contributed by atoms with Gasteiger partial charge in [-0.3, -0.25) is 4.98 Å². The van der Waals surface area contributed by atoms with E-state index in [1.807, 2.05) is 42.2 Å². The Bertz CT molecular complexity index is 922. The van der Waals surface area contributed by atoms with E-state index in [0.717, 1.165) is 34.1 Å². The van der Waals surface area contributed by atoms with Crippen molar-refractivity contribution in [2.24, 2.45) is 0 Å². The first-order valence-electron chi connectivity index (χ1n) is 7.84. The Morgan fingerprint density at radius 1 is 0.960 bits per heavy atom. The Balaban J connectivity index is 1.56. The van der Waals surface area contributed by atoms with Gasteiger partial charge in [0.05, 0.1) is 0 Å². The van der Waals surface area contributed by atoms with Crippen molar-refractivity contribution in [2.45, 2.75) is 6.42 Å². The fourth-order valence-corrected chi connectivity index (χ4v) is 3.83. The number of hydrogen-bond donors (Lipinski definition) is 1. The van der Waals surface area contributed by atoms with E-state index in [2.05, 4.69) is 31.7 Å². The highest BCUT2D eigenvalue weighted by atomic mass is 32.1. The number of nitrogens with one attached hydrogen (secondary N) is 1. The summed E-state index contributed by atoms with van der Waals surface area (Å²) in [6.45, 7) is 0.764. The van der Waals surface area contributed by atoms with Crippen molar-refractivity contribution in [3.8, 4) is 21.1 Å². The van der Waals surface area contributed by atoms with Crippen LogP contribution >= 0.6 is 22.7 Å². The zero-order valence-electron chi connectivity index (χ0n) is 13.3. The predicted octanol–water partition coefficient (Wildman–Crippen LogP) is 4.38. The molecule has 0 aromatic carbocycles. The molecule has 0 aliphatic rings. The van der Waals surface area contributed by atoms with Gasteiger partial charge in [-0.05, 0) is 35.6 Å². The van der Waals surface area contributed by atoms with Crippen LogP contribution in [-0.4, -0.2) is 26.5 Å². The molecule has 0 saturated carbocycles. The topological polar surface area (TPSA) is 63.6 Å². The Kier molecular flexibility index (Phi) is 4.76. The first-order valence-corrected chi connectivity index (χ1v) is 9.59. The summed E-state index contributed by atoms with van der Waals surface area (Å²) in [6.07, 6.45) is 8.19. The third kappa shape index (κ3) is 3.72. The molecule has 0 spiro atoms. The third-order valence-corrected chi connectivity index (χ3v) is 5.34. The Morgan fingerprint density at radius 3 is 2.64 bits per heavy atom. The Hall–Kier alpha value is -2.64. The molecule has 0 amide bonds.